The lowest BCUT2D eigenvalue weighted by molar-refractivity contribution is -0.192. The van der Waals surface area contributed by atoms with Crippen molar-refractivity contribution in [1.29, 1.82) is 0 Å². The first-order chi connectivity index (χ1) is 13.1. The van der Waals surface area contributed by atoms with Gasteiger partial charge in [-0.1, -0.05) is 0 Å². The van der Waals surface area contributed by atoms with Gasteiger partial charge in [-0.2, -0.15) is 13.2 Å². The van der Waals surface area contributed by atoms with Gasteiger partial charge in [0.15, 0.2) is 0 Å². The fourth-order valence-corrected chi connectivity index (χ4v) is 2.06. The van der Waals surface area contributed by atoms with E-state index < -0.39 is 12.1 Å². The zero-order valence-corrected chi connectivity index (χ0v) is 14.8. The molecule has 10 heteroatoms. The highest BCUT2D eigenvalue weighted by Crippen LogP contribution is 2.17. The number of imidazole rings is 1. The SMILES string of the molecule is Cc1ncn(-c2ccc(NC(=O)c3ccoc3)cc2)c1C.O=C(O)C(F)(F)F. The molecule has 3 aromatic rings. The number of anilines is 1. The van der Waals surface area contributed by atoms with Crippen LogP contribution in [0.15, 0.2) is 53.6 Å². The molecule has 0 unspecified atom stereocenters. The third-order valence-corrected chi connectivity index (χ3v) is 3.68. The van der Waals surface area contributed by atoms with E-state index in [1.54, 1.807) is 12.4 Å². The maximum Gasteiger partial charge on any atom is 0.490 e. The van der Waals surface area contributed by atoms with Crippen LogP contribution in [0.5, 0.6) is 0 Å². The second kappa shape index (κ2) is 8.42. The van der Waals surface area contributed by atoms with E-state index in [2.05, 4.69) is 10.3 Å². The number of amides is 1. The van der Waals surface area contributed by atoms with Crippen molar-refractivity contribution in [2.75, 3.05) is 5.32 Å². The van der Waals surface area contributed by atoms with E-state index in [-0.39, 0.29) is 5.91 Å². The molecular formula is C18H16F3N3O4. The first-order valence-electron chi connectivity index (χ1n) is 7.84. The molecule has 0 bridgehead atoms. The standard InChI is InChI=1S/C16H15N3O2.C2HF3O2/c1-11-12(2)19(10-17-11)15-5-3-14(4-6-15)18-16(20)13-7-8-21-9-13;3-2(4,5)1(6)7/h3-10H,1-2H3,(H,18,20);(H,6,7). The molecule has 0 aliphatic heterocycles. The van der Waals surface area contributed by atoms with Gasteiger partial charge in [0.25, 0.3) is 5.91 Å². The number of hydrogen-bond acceptors (Lipinski definition) is 4. The molecule has 2 N–H and O–H groups in total. The second-order valence-corrected chi connectivity index (χ2v) is 5.60. The minimum Gasteiger partial charge on any atom is -0.475 e. The van der Waals surface area contributed by atoms with Crippen LogP contribution in [0.1, 0.15) is 21.7 Å². The number of aromatic nitrogens is 2. The van der Waals surface area contributed by atoms with Crippen molar-refractivity contribution in [1.82, 2.24) is 9.55 Å². The molecule has 2 aromatic heterocycles. The summed E-state index contributed by atoms with van der Waals surface area (Å²) in [4.78, 5) is 25.1. The number of carbonyl (C=O) groups excluding carboxylic acids is 1. The maximum atomic E-state index is 11.9. The topological polar surface area (TPSA) is 97.4 Å². The molecule has 0 spiro atoms. The molecule has 3 rings (SSSR count). The molecule has 0 saturated carbocycles. The minimum atomic E-state index is -5.08. The molecular weight excluding hydrogens is 379 g/mol. The average Bonchev–Trinajstić information content (AvgIpc) is 3.27. The summed E-state index contributed by atoms with van der Waals surface area (Å²) in [5, 5.41) is 9.94. The second-order valence-electron chi connectivity index (χ2n) is 5.60. The first-order valence-corrected chi connectivity index (χ1v) is 7.84. The number of benzene rings is 1. The monoisotopic (exact) mass is 395 g/mol. The van der Waals surface area contributed by atoms with E-state index in [0.29, 0.717) is 5.56 Å². The molecule has 0 fully saturated rings. The predicted molar refractivity (Wildman–Crippen MR) is 93.4 cm³/mol. The Balaban J connectivity index is 0.000000345. The summed E-state index contributed by atoms with van der Waals surface area (Å²) in [7, 11) is 0. The number of halogens is 3. The zero-order chi connectivity index (χ0) is 20.9. The highest BCUT2D eigenvalue weighted by molar-refractivity contribution is 6.04. The van der Waals surface area contributed by atoms with Crippen molar-refractivity contribution in [3.05, 3.63) is 66.1 Å². The fourth-order valence-electron chi connectivity index (χ4n) is 2.06. The van der Waals surface area contributed by atoms with E-state index in [1.807, 2.05) is 42.7 Å². The summed E-state index contributed by atoms with van der Waals surface area (Å²) >= 11 is 0. The largest absolute Gasteiger partial charge is 0.490 e. The molecule has 7 nitrogen and oxygen atoms in total. The highest BCUT2D eigenvalue weighted by atomic mass is 19.4. The van der Waals surface area contributed by atoms with Crippen LogP contribution in [0, 0.1) is 13.8 Å². The van der Waals surface area contributed by atoms with Crippen LogP contribution in [0.2, 0.25) is 0 Å². The number of aryl methyl sites for hydroxylation is 1. The van der Waals surface area contributed by atoms with Crippen LogP contribution in [-0.2, 0) is 4.79 Å². The Morgan fingerprint density at radius 1 is 1.14 bits per heavy atom. The highest BCUT2D eigenvalue weighted by Gasteiger charge is 2.38. The van der Waals surface area contributed by atoms with Crippen molar-refractivity contribution >= 4 is 17.6 Å². The molecule has 0 aliphatic carbocycles. The smallest absolute Gasteiger partial charge is 0.475 e. The summed E-state index contributed by atoms with van der Waals surface area (Å²) in [6, 6.07) is 9.24. The van der Waals surface area contributed by atoms with Crippen LogP contribution in [0.25, 0.3) is 5.69 Å². The first kappa shape index (κ1) is 20.7. The Morgan fingerprint density at radius 3 is 2.18 bits per heavy atom. The van der Waals surface area contributed by atoms with Crippen LogP contribution >= 0.6 is 0 Å². The molecule has 0 radical (unpaired) electrons. The molecule has 28 heavy (non-hydrogen) atoms. The van der Waals surface area contributed by atoms with Gasteiger partial charge in [0, 0.05) is 17.1 Å². The van der Waals surface area contributed by atoms with Gasteiger partial charge in [0.1, 0.15) is 6.26 Å². The van der Waals surface area contributed by atoms with Crippen molar-refractivity contribution in [2.24, 2.45) is 0 Å². The summed E-state index contributed by atoms with van der Waals surface area (Å²) in [5.74, 6) is -2.95. The molecule has 0 aliphatic rings. The minimum absolute atomic E-state index is 0.189. The van der Waals surface area contributed by atoms with Gasteiger partial charge in [-0.15, -0.1) is 0 Å². The van der Waals surface area contributed by atoms with Gasteiger partial charge < -0.3 is 19.4 Å². The lowest BCUT2D eigenvalue weighted by Gasteiger charge is -2.08. The number of carboxylic acid groups (broad SMARTS) is 1. The predicted octanol–water partition coefficient (Wildman–Crippen LogP) is 3.97. The van der Waals surface area contributed by atoms with E-state index in [4.69, 9.17) is 14.3 Å². The fraction of sp³-hybridized carbons (Fsp3) is 0.167. The van der Waals surface area contributed by atoms with Crippen LogP contribution in [-0.4, -0.2) is 32.7 Å². The number of aliphatic carboxylic acids is 1. The van der Waals surface area contributed by atoms with Crippen molar-refractivity contribution in [3.63, 3.8) is 0 Å². The van der Waals surface area contributed by atoms with Gasteiger partial charge in [-0.25, -0.2) is 9.78 Å². The number of carboxylic acids is 1. The number of rotatable bonds is 3. The van der Waals surface area contributed by atoms with Gasteiger partial charge in [0.2, 0.25) is 0 Å². The van der Waals surface area contributed by atoms with Gasteiger partial charge in [0.05, 0.1) is 23.8 Å². The lowest BCUT2D eigenvalue weighted by atomic mass is 10.2. The number of nitrogens with one attached hydrogen (secondary N) is 1. The van der Waals surface area contributed by atoms with E-state index in [0.717, 1.165) is 22.8 Å². The normalized spacial score (nSPS) is 10.8. The van der Waals surface area contributed by atoms with Gasteiger partial charge in [-0.3, -0.25) is 4.79 Å². The van der Waals surface area contributed by atoms with E-state index >= 15 is 0 Å². The van der Waals surface area contributed by atoms with Crippen LogP contribution in [0.4, 0.5) is 18.9 Å². The number of carbonyl (C=O) groups is 2. The number of hydrogen-bond donors (Lipinski definition) is 2. The zero-order valence-electron chi connectivity index (χ0n) is 14.8. The van der Waals surface area contributed by atoms with Crippen LogP contribution in [0.3, 0.4) is 0 Å². The number of furan rings is 1. The summed E-state index contributed by atoms with van der Waals surface area (Å²) in [5.41, 5.74) is 4.35. The molecule has 1 amide bonds. The Hall–Kier alpha value is -3.56. The Labute approximate surface area is 157 Å². The molecule has 0 atom stereocenters. The Morgan fingerprint density at radius 2 is 1.75 bits per heavy atom. The molecule has 1 aromatic carbocycles. The summed E-state index contributed by atoms with van der Waals surface area (Å²) < 4.78 is 38.6. The van der Waals surface area contributed by atoms with Crippen molar-refractivity contribution in [3.8, 4) is 5.69 Å². The van der Waals surface area contributed by atoms with Crippen LogP contribution < -0.4 is 5.32 Å². The average molecular weight is 395 g/mol. The third-order valence-electron chi connectivity index (χ3n) is 3.68. The third kappa shape index (κ3) is 5.22. The Bertz CT molecular complexity index is 946. The summed E-state index contributed by atoms with van der Waals surface area (Å²) in [6.45, 7) is 4.00. The van der Waals surface area contributed by atoms with E-state index in [9.17, 15) is 18.0 Å². The van der Waals surface area contributed by atoms with Crippen molar-refractivity contribution in [2.45, 2.75) is 20.0 Å². The lowest BCUT2D eigenvalue weighted by Crippen LogP contribution is -2.21. The Kier molecular flexibility index (Phi) is 6.24. The maximum absolute atomic E-state index is 11.9. The van der Waals surface area contributed by atoms with Crippen molar-refractivity contribution < 1.29 is 32.3 Å². The van der Waals surface area contributed by atoms with Gasteiger partial charge >= 0.3 is 12.1 Å². The van der Waals surface area contributed by atoms with E-state index in [1.165, 1.54) is 12.5 Å². The van der Waals surface area contributed by atoms with Gasteiger partial charge in [-0.05, 0) is 44.2 Å². The number of nitrogens with zero attached hydrogens (tertiary/aromatic N) is 2. The number of alkyl halides is 3. The molecule has 148 valence electrons. The quantitative estimate of drug-likeness (QED) is 0.699. The molecule has 2 heterocycles. The summed E-state index contributed by atoms with van der Waals surface area (Å²) in [6.07, 6.45) is -0.396. The molecule has 0 saturated heterocycles.